The van der Waals surface area contributed by atoms with E-state index in [1.54, 1.807) is 0 Å². The van der Waals surface area contributed by atoms with Crippen LogP contribution >= 0.6 is 0 Å². The predicted molar refractivity (Wildman–Crippen MR) is 76.6 cm³/mol. The van der Waals surface area contributed by atoms with E-state index in [0.717, 1.165) is 16.9 Å². The molecule has 1 aromatic rings. The number of hydrogen-bond acceptors (Lipinski definition) is 4. The van der Waals surface area contributed by atoms with E-state index in [-0.39, 0.29) is 19.3 Å². The van der Waals surface area contributed by atoms with Gasteiger partial charge in [-0.2, -0.15) is 0 Å². The number of nitrogens with one attached hydrogen (secondary N) is 1. The fourth-order valence-electron chi connectivity index (χ4n) is 1.90. The lowest BCUT2D eigenvalue weighted by molar-refractivity contribution is 0.102. The fourth-order valence-corrected chi connectivity index (χ4v) is 1.90. The van der Waals surface area contributed by atoms with Crippen LogP contribution < -0.4 is 10.1 Å². The molecule has 0 aliphatic carbocycles. The van der Waals surface area contributed by atoms with Crippen LogP contribution in [0.4, 0.5) is 0 Å². The molecule has 0 heterocycles. The normalized spacial score (nSPS) is 14.2. The van der Waals surface area contributed by atoms with Crippen LogP contribution in [0, 0.1) is 13.8 Å². The first-order valence-electron chi connectivity index (χ1n) is 6.76. The summed E-state index contributed by atoms with van der Waals surface area (Å²) in [5, 5.41) is 21.8. The Balaban J connectivity index is 2.36. The predicted octanol–water partition coefficient (Wildman–Crippen LogP) is 1.40. The molecule has 0 aromatic heterocycles. The van der Waals surface area contributed by atoms with Crippen molar-refractivity contribution < 1.29 is 14.9 Å². The average Bonchev–Trinajstić information content (AvgIpc) is 2.36. The lowest BCUT2D eigenvalue weighted by Crippen LogP contribution is -2.37. The third kappa shape index (κ3) is 5.59. The second-order valence-electron chi connectivity index (χ2n) is 5.01. The van der Waals surface area contributed by atoms with Crippen molar-refractivity contribution >= 4 is 0 Å². The molecule has 2 atom stereocenters. The van der Waals surface area contributed by atoms with Crippen molar-refractivity contribution in [3.8, 4) is 5.75 Å². The van der Waals surface area contributed by atoms with Crippen molar-refractivity contribution in [1.82, 2.24) is 5.32 Å². The Labute approximate surface area is 115 Å². The van der Waals surface area contributed by atoms with Crippen LogP contribution in [0.3, 0.4) is 0 Å². The van der Waals surface area contributed by atoms with Gasteiger partial charge >= 0.3 is 0 Å². The van der Waals surface area contributed by atoms with E-state index >= 15 is 0 Å². The topological polar surface area (TPSA) is 61.7 Å². The number of aliphatic hydroxyl groups excluding tert-OH is 2. The zero-order chi connectivity index (χ0) is 14.3. The highest BCUT2D eigenvalue weighted by atomic mass is 16.5. The Bertz CT molecular complexity index is 361. The molecule has 1 aromatic carbocycles. The van der Waals surface area contributed by atoms with Crippen molar-refractivity contribution in [2.45, 2.75) is 39.3 Å². The molecule has 0 amide bonds. The van der Waals surface area contributed by atoms with E-state index in [1.807, 2.05) is 39.0 Å². The summed E-state index contributed by atoms with van der Waals surface area (Å²) in [5.41, 5.74) is 2.16. The summed E-state index contributed by atoms with van der Waals surface area (Å²) in [6.45, 7) is 6.86. The van der Waals surface area contributed by atoms with E-state index in [0.29, 0.717) is 13.0 Å². The van der Waals surface area contributed by atoms with E-state index < -0.39 is 6.10 Å². The van der Waals surface area contributed by atoms with Gasteiger partial charge in [-0.05, 0) is 38.3 Å². The minimum Gasteiger partial charge on any atom is -0.490 e. The zero-order valence-electron chi connectivity index (χ0n) is 12.0. The number of aliphatic hydroxyl groups is 2. The van der Waals surface area contributed by atoms with Crippen molar-refractivity contribution in [2.75, 3.05) is 19.8 Å². The lowest BCUT2D eigenvalue weighted by atomic mass is 10.1. The van der Waals surface area contributed by atoms with Gasteiger partial charge in [-0.15, -0.1) is 0 Å². The van der Waals surface area contributed by atoms with E-state index in [2.05, 4.69) is 5.32 Å². The molecule has 0 aliphatic heterocycles. The zero-order valence-corrected chi connectivity index (χ0v) is 12.0. The van der Waals surface area contributed by atoms with Gasteiger partial charge in [-0.3, -0.25) is 0 Å². The first kappa shape index (κ1) is 16.0. The fraction of sp³-hybridized carbons (Fsp3) is 0.600. The SMILES string of the molecule is Cc1cccc(C)c1OCC(O)CNC(C)CCO. The summed E-state index contributed by atoms with van der Waals surface area (Å²) >= 11 is 0. The molecule has 0 saturated carbocycles. The highest BCUT2D eigenvalue weighted by Crippen LogP contribution is 2.22. The largest absolute Gasteiger partial charge is 0.490 e. The molecular formula is C15H25NO3. The number of benzene rings is 1. The Morgan fingerprint density at radius 2 is 1.89 bits per heavy atom. The third-order valence-electron chi connectivity index (χ3n) is 3.09. The van der Waals surface area contributed by atoms with E-state index in [1.165, 1.54) is 0 Å². The highest BCUT2D eigenvalue weighted by Gasteiger charge is 2.09. The van der Waals surface area contributed by atoms with Crippen LogP contribution in [-0.2, 0) is 0 Å². The van der Waals surface area contributed by atoms with Gasteiger partial charge < -0.3 is 20.3 Å². The van der Waals surface area contributed by atoms with Crippen LogP contribution in [0.15, 0.2) is 18.2 Å². The monoisotopic (exact) mass is 267 g/mol. The van der Waals surface area contributed by atoms with Crippen molar-refractivity contribution in [3.05, 3.63) is 29.3 Å². The minimum atomic E-state index is -0.555. The maximum Gasteiger partial charge on any atom is 0.125 e. The van der Waals surface area contributed by atoms with Gasteiger partial charge in [-0.25, -0.2) is 0 Å². The van der Waals surface area contributed by atoms with Crippen LogP contribution in [0.25, 0.3) is 0 Å². The Morgan fingerprint density at radius 3 is 2.47 bits per heavy atom. The summed E-state index contributed by atoms with van der Waals surface area (Å²) in [7, 11) is 0. The molecule has 19 heavy (non-hydrogen) atoms. The second kappa shape index (κ2) is 8.15. The van der Waals surface area contributed by atoms with Gasteiger partial charge in [0.1, 0.15) is 18.5 Å². The van der Waals surface area contributed by atoms with Gasteiger partial charge in [0.15, 0.2) is 0 Å². The number of hydrogen-bond donors (Lipinski definition) is 3. The Kier molecular flexibility index (Phi) is 6.84. The highest BCUT2D eigenvalue weighted by molar-refractivity contribution is 5.39. The number of ether oxygens (including phenoxy) is 1. The molecule has 1 rings (SSSR count). The van der Waals surface area contributed by atoms with Crippen LogP contribution in [-0.4, -0.2) is 42.1 Å². The molecule has 108 valence electrons. The summed E-state index contributed by atoms with van der Waals surface area (Å²) in [5.74, 6) is 0.852. The molecule has 2 unspecified atom stereocenters. The molecule has 0 radical (unpaired) electrons. The number of para-hydroxylation sites is 1. The standard InChI is InChI=1S/C15H25NO3/c1-11-5-4-6-12(2)15(11)19-10-14(18)9-16-13(3)7-8-17/h4-6,13-14,16-18H,7-10H2,1-3H3. The van der Waals surface area contributed by atoms with Crippen LogP contribution in [0.2, 0.25) is 0 Å². The maximum absolute atomic E-state index is 9.86. The van der Waals surface area contributed by atoms with E-state index in [9.17, 15) is 5.11 Å². The van der Waals surface area contributed by atoms with Gasteiger partial charge in [0.05, 0.1) is 0 Å². The smallest absolute Gasteiger partial charge is 0.125 e. The average molecular weight is 267 g/mol. The molecular weight excluding hydrogens is 242 g/mol. The number of rotatable bonds is 8. The first-order valence-corrected chi connectivity index (χ1v) is 6.76. The Hall–Kier alpha value is -1.10. The van der Waals surface area contributed by atoms with Crippen molar-refractivity contribution in [1.29, 1.82) is 0 Å². The van der Waals surface area contributed by atoms with Gasteiger partial charge in [-0.1, -0.05) is 18.2 Å². The molecule has 3 N–H and O–H groups in total. The minimum absolute atomic E-state index is 0.156. The van der Waals surface area contributed by atoms with Crippen molar-refractivity contribution in [2.24, 2.45) is 0 Å². The molecule has 0 bridgehead atoms. The molecule has 0 aliphatic rings. The molecule has 4 nitrogen and oxygen atoms in total. The summed E-state index contributed by atoms with van der Waals surface area (Å²) in [6, 6.07) is 6.18. The van der Waals surface area contributed by atoms with Gasteiger partial charge in [0, 0.05) is 19.2 Å². The number of aryl methyl sites for hydroxylation is 2. The van der Waals surface area contributed by atoms with Crippen LogP contribution in [0.5, 0.6) is 5.75 Å². The lowest BCUT2D eigenvalue weighted by Gasteiger charge is -2.18. The maximum atomic E-state index is 9.86. The van der Waals surface area contributed by atoms with E-state index in [4.69, 9.17) is 9.84 Å². The molecule has 0 fully saturated rings. The third-order valence-corrected chi connectivity index (χ3v) is 3.09. The summed E-state index contributed by atoms with van der Waals surface area (Å²) in [4.78, 5) is 0. The summed E-state index contributed by atoms with van der Waals surface area (Å²) in [6.07, 6.45) is 0.130. The molecule has 0 saturated heterocycles. The quantitative estimate of drug-likeness (QED) is 0.666. The van der Waals surface area contributed by atoms with Gasteiger partial charge in [0.2, 0.25) is 0 Å². The summed E-state index contributed by atoms with van der Waals surface area (Å²) < 4.78 is 5.68. The van der Waals surface area contributed by atoms with Crippen molar-refractivity contribution in [3.63, 3.8) is 0 Å². The Morgan fingerprint density at radius 1 is 1.26 bits per heavy atom. The second-order valence-corrected chi connectivity index (χ2v) is 5.01. The molecule has 0 spiro atoms. The first-order chi connectivity index (χ1) is 9.04. The molecule has 4 heteroatoms. The van der Waals surface area contributed by atoms with Gasteiger partial charge in [0.25, 0.3) is 0 Å². The van der Waals surface area contributed by atoms with Crippen LogP contribution in [0.1, 0.15) is 24.5 Å².